The Bertz CT molecular complexity index is 1330. The average molecular weight is 535 g/mol. The molecule has 10 nitrogen and oxygen atoms in total. The Balaban J connectivity index is 1.67. The van der Waals surface area contributed by atoms with Crippen molar-refractivity contribution in [3.63, 3.8) is 0 Å². The van der Waals surface area contributed by atoms with Crippen LogP contribution in [0.3, 0.4) is 0 Å². The molecule has 0 aliphatic heterocycles. The van der Waals surface area contributed by atoms with Crippen LogP contribution in [0.25, 0.3) is 11.1 Å². The maximum absolute atomic E-state index is 13.1. The molecule has 0 aromatic heterocycles. The fourth-order valence-corrected chi connectivity index (χ4v) is 3.86. The van der Waals surface area contributed by atoms with Crippen LogP contribution in [0, 0.1) is 5.82 Å². The Morgan fingerprint density at radius 1 is 1.03 bits per heavy atom. The second kappa shape index (κ2) is 13.7. The van der Waals surface area contributed by atoms with Gasteiger partial charge in [-0.25, -0.2) is 15.7 Å². The zero-order chi connectivity index (χ0) is 28.4. The summed E-state index contributed by atoms with van der Waals surface area (Å²) in [6.07, 6.45) is 1.63. The molecule has 39 heavy (non-hydrogen) atoms. The van der Waals surface area contributed by atoms with Crippen LogP contribution >= 0.6 is 0 Å². The standard InChI is InChI=1S/C28H31FN6O4/c1-18(36)33-25-4-2-3-22(14-25)20-7-5-19(6-8-20)13-26(15-27(37)34-39)35(31)17-24(30)16-32-28(38)21-9-11-23(29)12-10-21/h2-12,14,17,26,39H,13,15-16,30-31H2,1H3,(H,32,38)(H,33,36)(H,34,37)/b24-17-. The maximum Gasteiger partial charge on any atom is 0.251 e. The topological polar surface area (TPSA) is 163 Å². The first-order valence-electron chi connectivity index (χ1n) is 12.1. The van der Waals surface area contributed by atoms with Crippen LogP contribution in [0.4, 0.5) is 10.1 Å². The predicted molar refractivity (Wildman–Crippen MR) is 145 cm³/mol. The molecule has 3 amide bonds. The molecule has 204 valence electrons. The molecule has 0 aliphatic carbocycles. The lowest BCUT2D eigenvalue weighted by molar-refractivity contribution is -0.130. The molecule has 0 saturated heterocycles. The number of halogens is 1. The average Bonchev–Trinajstić information content (AvgIpc) is 2.91. The number of hydrogen-bond donors (Lipinski definition) is 6. The van der Waals surface area contributed by atoms with E-state index in [9.17, 15) is 18.8 Å². The molecule has 11 heteroatoms. The van der Waals surface area contributed by atoms with Gasteiger partial charge in [-0.05, 0) is 59.5 Å². The van der Waals surface area contributed by atoms with Crippen molar-refractivity contribution in [1.29, 1.82) is 0 Å². The van der Waals surface area contributed by atoms with Gasteiger partial charge in [0, 0.05) is 30.1 Å². The van der Waals surface area contributed by atoms with Crippen LogP contribution in [0.5, 0.6) is 0 Å². The Labute approximate surface area is 225 Å². The first kappa shape index (κ1) is 28.8. The number of nitrogens with zero attached hydrogens (tertiary/aromatic N) is 1. The third-order valence-electron chi connectivity index (χ3n) is 5.78. The molecule has 0 saturated carbocycles. The third-order valence-corrected chi connectivity index (χ3v) is 5.78. The monoisotopic (exact) mass is 534 g/mol. The van der Waals surface area contributed by atoms with Gasteiger partial charge in [0.1, 0.15) is 5.82 Å². The molecular formula is C28H31FN6O4. The lowest BCUT2D eigenvalue weighted by Crippen LogP contribution is -2.42. The lowest BCUT2D eigenvalue weighted by Gasteiger charge is -2.26. The Kier molecular flexibility index (Phi) is 10.1. The number of nitrogens with two attached hydrogens (primary N) is 2. The van der Waals surface area contributed by atoms with Crippen molar-refractivity contribution in [2.75, 3.05) is 11.9 Å². The van der Waals surface area contributed by atoms with E-state index in [1.807, 2.05) is 42.5 Å². The van der Waals surface area contributed by atoms with Gasteiger partial charge in [-0.15, -0.1) is 0 Å². The van der Waals surface area contributed by atoms with Crippen molar-refractivity contribution in [3.05, 3.63) is 102 Å². The number of carbonyl (C=O) groups excluding carboxylic acids is 3. The van der Waals surface area contributed by atoms with Crippen LogP contribution in [0.2, 0.25) is 0 Å². The first-order chi connectivity index (χ1) is 18.6. The smallest absolute Gasteiger partial charge is 0.251 e. The molecule has 8 N–H and O–H groups in total. The second-order valence-electron chi connectivity index (χ2n) is 8.90. The summed E-state index contributed by atoms with van der Waals surface area (Å²) in [7, 11) is 0. The number of rotatable bonds is 11. The summed E-state index contributed by atoms with van der Waals surface area (Å²) in [5.41, 5.74) is 11.6. The minimum atomic E-state index is -0.626. The van der Waals surface area contributed by atoms with E-state index in [1.54, 1.807) is 11.5 Å². The van der Waals surface area contributed by atoms with E-state index >= 15 is 0 Å². The van der Waals surface area contributed by atoms with Gasteiger partial charge in [-0.3, -0.25) is 19.6 Å². The van der Waals surface area contributed by atoms with Crippen LogP contribution in [-0.4, -0.2) is 40.5 Å². The van der Waals surface area contributed by atoms with Crippen molar-refractivity contribution in [2.45, 2.75) is 25.8 Å². The molecule has 0 radical (unpaired) electrons. The Hall–Kier alpha value is -4.74. The van der Waals surface area contributed by atoms with Crippen molar-refractivity contribution < 1.29 is 24.0 Å². The molecule has 0 aliphatic rings. The first-order valence-corrected chi connectivity index (χ1v) is 12.1. The van der Waals surface area contributed by atoms with E-state index < -0.39 is 23.7 Å². The van der Waals surface area contributed by atoms with Gasteiger partial charge >= 0.3 is 0 Å². The normalized spacial score (nSPS) is 11.8. The summed E-state index contributed by atoms with van der Waals surface area (Å²) < 4.78 is 13.1. The van der Waals surface area contributed by atoms with Crippen LogP contribution in [-0.2, 0) is 16.0 Å². The second-order valence-corrected chi connectivity index (χ2v) is 8.90. The van der Waals surface area contributed by atoms with Crippen molar-refractivity contribution in [3.8, 4) is 11.1 Å². The van der Waals surface area contributed by atoms with E-state index in [1.165, 1.54) is 42.4 Å². The molecule has 0 spiro atoms. The number of amides is 3. The number of hydroxylamine groups is 1. The Morgan fingerprint density at radius 3 is 2.36 bits per heavy atom. The number of nitrogens with one attached hydrogen (secondary N) is 3. The highest BCUT2D eigenvalue weighted by Crippen LogP contribution is 2.24. The molecule has 3 aromatic rings. The molecule has 3 rings (SSSR count). The minimum absolute atomic E-state index is 0.0327. The SMILES string of the molecule is CC(=O)Nc1cccc(-c2ccc(CC(CC(=O)NO)N(N)/C=C(\N)CNC(=O)c3ccc(F)cc3)cc2)c1. The van der Waals surface area contributed by atoms with Gasteiger partial charge in [-0.2, -0.15) is 0 Å². The number of benzene rings is 3. The lowest BCUT2D eigenvalue weighted by atomic mass is 9.98. The minimum Gasteiger partial charge on any atom is -0.399 e. The molecule has 1 atom stereocenters. The molecule has 1 unspecified atom stereocenters. The van der Waals surface area contributed by atoms with Crippen LogP contribution < -0.4 is 27.7 Å². The molecule has 0 heterocycles. The molecule has 3 aromatic carbocycles. The van der Waals surface area contributed by atoms with Gasteiger partial charge in [0.15, 0.2) is 0 Å². The van der Waals surface area contributed by atoms with E-state index in [0.717, 1.165) is 16.7 Å². The number of anilines is 1. The summed E-state index contributed by atoms with van der Waals surface area (Å²) in [5, 5.41) is 15.7. The molecule has 0 bridgehead atoms. The van der Waals surface area contributed by atoms with Crippen molar-refractivity contribution >= 4 is 23.4 Å². The zero-order valence-electron chi connectivity index (χ0n) is 21.4. The third kappa shape index (κ3) is 8.95. The number of hydrazine groups is 1. The summed E-state index contributed by atoms with van der Waals surface area (Å²) in [4.78, 5) is 35.5. The highest BCUT2D eigenvalue weighted by Gasteiger charge is 2.19. The number of hydrogen-bond acceptors (Lipinski definition) is 7. The largest absolute Gasteiger partial charge is 0.399 e. The van der Waals surface area contributed by atoms with Gasteiger partial charge in [0.25, 0.3) is 5.91 Å². The summed E-state index contributed by atoms with van der Waals surface area (Å²) >= 11 is 0. The van der Waals surface area contributed by atoms with Gasteiger partial charge in [0.05, 0.1) is 19.0 Å². The van der Waals surface area contributed by atoms with Gasteiger partial charge in [-0.1, -0.05) is 36.4 Å². The maximum atomic E-state index is 13.1. The van der Waals surface area contributed by atoms with Gasteiger partial charge in [0.2, 0.25) is 11.8 Å². The Morgan fingerprint density at radius 2 is 1.72 bits per heavy atom. The predicted octanol–water partition coefficient (Wildman–Crippen LogP) is 2.66. The van der Waals surface area contributed by atoms with Gasteiger partial charge < -0.3 is 21.4 Å². The zero-order valence-corrected chi connectivity index (χ0v) is 21.4. The fraction of sp³-hybridized carbons (Fsp3) is 0.179. The van der Waals surface area contributed by atoms with Crippen LogP contribution in [0.1, 0.15) is 29.3 Å². The summed E-state index contributed by atoms with van der Waals surface area (Å²) in [6.45, 7) is 1.41. The molecular weight excluding hydrogens is 503 g/mol. The van der Waals surface area contributed by atoms with E-state index in [-0.39, 0.29) is 30.1 Å². The van der Waals surface area contributed by atoms with E-state index in [4.69, 9.17) is 16.8 Å². The summed E-state index contributed by atoms with van der Waals surface area (Å²) in [5.74, 6) is 4.54. The van der Waals surface area contributed by atoms with E-state index in [2.05, 4.69) is 10.6 Å². The molecule has 0 fully saturated rings. The fourth-order valence-electron chi connectivity index (χ4n) is 3.86. The highest BCUT2D eigenvalue weighted by atomic mass is 19.1. The van der Waals surface area contributed by atoms with Crippen LogP contribution in [0.15, 0.2) is 84.7 Å². The van der Waals surface area contributed by atoms with E-state index in [0.29, 0.717) is 12.1 Å². The highest BCUT2D eigenvalue weighted by molar-refractivity contribution is 5.94. The quantitative estimate of drug-likeness (QED) is 0.125. The van der Waals surface area contributed by atoms with Crippen molar-refractivity contribution in [2.24, 2.45) is 11.6 Å². The van der Waals surface area contributed by atoms with Crippen molar-refractivity contribution in [1.82, 2.24) is 15.8 Å². The number of carbonyl (C=O) groups is 3. The summed E-state index contributed by atoms with van der Waals surface area (Å²) in [6, 6.07) is 19.6.